The number of rotatable bonds is 5. The van der Waals surface area contributed by atoms with Crippen molar-refractivity contribution >= 4 is 11.6 Å². The third kappa shape index (κ3) is 3.81. The first kappa shape index (κ1) is 15.0. The van der Waals surface area contributed by atoms with Crippen LogP contribution in [0.1, 0.15) is 34.0 Å². The largest absolute Gasteiger partial charge is 0.385 e. The molecule has 21 heavy (non-hydrogen) atoms. The van der Waals surface area contributed by atoms with Gasteiger partial charge in [0.05, 0.1) is 0 Å². The van der Waals surface area contributed by atoms with Crippen LogP contribution >= 0.6 is 0 Å². The summed E-state index contributed by atoms with van der Waals surface area (Å²) in [5.41, 5.74) is 4.87. The molecule has 4 heteroatoms. The third-order valence-corrected chi connectivity index (χ3v) is 3.44. The first-order chi connectivity index (χ1) is 10.1. The summed E-state index contributed by atoms with van der Waals surface area (Å²) in [5.74, 6) is -0.0567. The van der Waals surface area contributed by atoms with Gasteiger partial charge in [-0.15, -0.1) is 0 Å². The van der Waals surface area contributed by atoms with Gasteiger partial charge in [0.15, 0.2) is 0 Å². The second-order valence-corrected chi connectivity index (χ2v) is 5.04. The maximum Gasteiger partial charge on any atom is 0.251 e. The Balaban J connectivity index is 2.05. The first-order valence-electron chi connectivity index (χ1n) is 7.14. The Labute approximate surface area is 125 Å². The highest BCUT2D eigenvalue weighted by molar-refractivity contribution is 5.96. The standard InChI is InChI=1S/C17H21N3O/c1-4-19-15-5-6-16(13(3)9-15)17(21)20-11-14-10-18-8-7-12(14)2/h5-10,19H,4,11H2,1-3H3,(H,20,21). The predicted octanol–water partition coefficient (Wildman–Crippen LogP) is 3.06. The van der Waals surface area contributed by atoms with Crippen molar-refractivity contribution in [3.8, 4) is 0 Å². The van der Waals surface area contributed by atoms with Gasteiger partial charge in [-0.05, 0) is 61.7 Å². The van der Waals surface area contributed by atoms with Gasteiger partial charge in [0.2, 0.25) is 0 Å². The number of hydrogen-bond acceptors (Lipinski definition) is 3. The van der Waals surface area contributed by atoms with Gasteiger partial charge < -0.3 is 10.6 Å². The number of nitrogens with one attached hydrogen (secondary N) is 2. The summed E-state index contributed by atoms with van der Waals surface area (Å²) < 4.78 is 0. The molecule has 1 aromatic carbocycles. The minimum Gasteiger partial charge on any atom is -0.385 e. The van der Waals surface area contributed by atoms with E-state index < -0.39 is 0 Å². The molecule has 0 aliphatic carbocycles. The third-order valence-electron chi connectivity index (χ3n) is 3.44. The van der Waals surface area contributed by atoms with Crippen molar-refractivity contribution in [3.63, 3.8) is 0 Å². The molecule has 0 aliphatic rings. The average molecular weight is 283 g/mol. The Morgan fingerprint density at radius 3 is 2.67 bits per heavy atom. The molecule has 0 atom stereocenters. The molecule has 4 nitrogen and oxygen atoms in total. The van der Waals surface area contributed by atoms with Crippen molar-refractivity contribution < 1.29 is 4.79 Å². The van der Waals surface area contributed by atoms with Crippen molar-refractivity contribution in [3.05, 3.63) is 58.9 Å². The highest BCUT2D eigenvalue weighted by Crippen LogP contribution is 2.15. The lowest BCUT2D eigenvalue weighted by Gasteiger charge is -2.11. The van der Waals surface area contributed by atoms with Crippen LogP contribution in [-0.2, 0) is 6.54 Å². The van der Waals surface area contributed by atoms with Crippen molar-refractivity contribution in [1.29, 1.82) is 0 Å². The van der Waals surface area contributed by atoms with E-state index in [-0.39, 0.29) is 5.91 Å². The fourth-order valence-corrected chi connectivity index (χ4v) is 2.19. The smallest absolute Gasteiger partial charge is 0.251 e. The summed E-state index contributed by atoms with van der Waals surface area (Å²) >= 11 is 0. The lowest BCUT2D eigenvalue weighted by molar-refractivity contribution is 0.0950. The molecule has 0 radical (unpaired) electrons. The van der Waals surface area contributed by atoms with Gasteiger partial charge in [-0.1, -0.05) is 0 Å². The van der Waals surface area contributed by atoms with Crippen molar-refractivity contribution in [2.45, 2.75) is 27.3 Å². The fraction of sp³-hybridized carbons (Fsp3) is 0.294. The lowest BCUT2D eigenvalue weighted by atomic mass is 10.1. The van der Waals surface area contributed by atoms with Gasteiger partial charge in [-0.2, -0.15) is 0 Å². The summed E-state index contributed by atoms with van der Waals surface area (Å²) in [4.78, 5) is 16.4. The number of anilines is 1. The first-order valence-corrected chi connectivity index (χ1v) is 7.14. The van der Waals surface area contributed by atoms with E-state index in [1.165, 1.54) is 0 Å². The monoisotopic (exact) mass is 283 g/mol. The molecule has 0 unspecified atom stereocenters. The summed E-state index contributed by atoms with van der Waals surface area (Å²) in [5, 5.41) is 6.19. The van der Waals surface area contributed by atoms with Gasteiger partial charge in [0.1, 0.15) is 0 Å². The highest BCUT2D eigenvalue weighted by Gasteiger charge is 2.09. The topological polar surface area (TPSA) is 54.0 Å². The summed E-state index contributed by atoms with van der Waals surface area (Å²) in [6, 6.07) is 7.73. The van der Waals surface area contributed by atoms with Crippen LogP contribution in [0.2, 0.25) is 0 Å². The maximum absolute atomic E-state index is 12.3. The number of nitrogens with zero attached hydrogens (tertiary/aromatic N) is 1. The molecule has 1 amide bonds. The normalized spacial score (nSPS) is 10.2. The van der Waals surface area contributed by atoms with Crippen LogP contribution in [-0.4, -0.2) is 17.4 Å². The number of carbonyl (C=O) groups excluding carboxylic acids is 1. The number of aryl methyl sites for hydroxylation is 2. The molecule has 0 fully saturated rings. The van der Waals surface area contributed by atoms with E-state index in [0.717, 1.165) is 28.9 Å². The van der Waals surface area contributed by atoms with Crippen LogP contribution in [0.3, 0.4) is 0 Å². The minimum absolute atomic E-state index is 0.0567. The van der Waals surface area contributed by atoms with Crippen LogP contribution in [0.4, 0.5) is 5.69 Å². The number of carbonyl (C=O) groups is 1. The molecule has 0 spiro atoms. The zero-order valence-electron chi connectivity index (χ0n) is 12.7. The van der Waals surface area contributed by atoms with Crippen LogP contribution in [0.25, 0.3) is 0 Å². The van der Waals surface area contributed by atoms with Gasteiger partial charge in [-0.3, -0.25) is 9.78 Å². The van der Waals surface area contributed by atoms with Gasteiger partial charge in [-0.25, -0.2) is 0 Å². The van der Waals surface area contributed by atoms with Crippen LogP contribution in [0.5, 0.6) is 0 Å². The van der Waals surface area contributed by atoms with Crippen molar-refractivity contribution in [1.82, 2.24) is 10.3 Å². The van der Waals surface area contributed by atoms with Gasteiger partial charge in [0.25, 0.3) is 5.91 Å². The van der Waals surface area contributed by atoms with E-state index in [4.69, 9.17) is 0 Å². The summed E-state index contributed by atoms with van der Waals surface area (Å²) in [6.07, 6.45) is 3.54. The molecule has 0 saturated carbocycles. The molecule has 1 aromatic heterocycles. The number of amides is 1. The Bertz CT molecular complexity index is 638. The SMILES string of the molecule is CCNc1ccc(C(=O)NCc2cnccc2C)c(C)c1. The predicted molar refractivity (Wildman–Crippen MR) is 85.5 cm³/mol. The van der Waals surface area contributed by atoms with Gasteiger partial charge in [0, 0.05) is 36.7 Å². The molecule has 2 aromatic rings. The molecule has 0 saturated heterocycles. The number of benzene rings is 1. The Kier molecular flexibility index (Phi) is 4.93. The molecule has 1 heterocycles. The van der Waals surface area contributed by atoms with Crippen LogP contribution < -0.4 is 10.6 Å². The molecule has 0 aliphatic heterocycles. The van der Waals surface area contributed by atoms with E-state index in [1.807, 2.05) is 45.0 Å². The molecular weight excluding hydrogens is 262 g/mol. The van der Waals surface area contributed by atoms with Crippen molar-refractivity contribution in [2.24, 2.45) is 0 Å². The zero-order chi connectivity index (χ0) is 15.2. The second-order valence-electron chi connectivity index (χ2n) is 5.04. The van der Waals surface area contributed by atoms with E-state index >= 15 is 0 Å². The van der Waals surface area contributed by atoms with E-state index in [1.54, 1.807) is 12.4 Å². The van der Waals surface area contributed by atoms with E-state index in [9.17, 15) is 4.79 Å². The Hall–Kier alpha value is -2.36. The van der Waals surface area contributed by atoms with Gasteiger partial charge >= 0.3 is 0 Å². The molecular formula is C17H21N3O. The summed E-state index contributed by atoms with van der Waals surface area (Å²) in [6.45, 7) is 7.37. The highest BCUT2D eigenvalue weighted by atomic mass is 16.1. The lowest BCUT2D eigenvalue weighted by Crippen LogP contribution is -2.24. The Morgan fingerprint density at radius 1 is 1.19 bits per heavy atom. The number of hydrogen-bond donors (Lipinski definition) is 2. The number of pyridine rings is 1. The molecule has 2 rings (SSSR count). The fourth-order valence-electron chi connectivity index (χ4n) is 2.19. The van der Waals surface area contributed by atoms with E-state index in [2.05, 4.69) is 15.6 Å². The quantitative estimate of drug-likeness (QED) is 0.886. The summed E-state index contributed by atoms with van der Waals surface area (Å²) in [7, 11) is 0. The maximum atomic E-state index is 12.3. The van der Waals surface area contributed by atoms with E-state index in [0.29, 0.717) is 12.1 Å². The minimum atomic E-state index is -0.0567. The zero-order valence-corrected chi connectivity index (χ0v) is 12.7. The Morgan fingerprint density at radius 2 is 2.00 bits per heavy atom. The van der Waals surface area contributed by atoms with Crippen molar-refractivity contribution in [2.75, 3.05) is 11.9 Å². The second kappa shape index (κ2) is 6.88. The molecule has 2 N–H and O–H groups in total. The van der Waals surface area contributed by atoms with Crippen LogP contribution in [0, 0.1) is 13.8 Å². The molecule has 0 bridgehead atoms. The average Bonchev–Trinajstić information content (AvgIpc) is 2.46. The molecule has 110 valence electrons. The van der Waals surface area contributed by atoms with Crippen LogP contribution in [0.15, 0.2) is 36.7 Å². The number of aromatic nitrogens is 1.